The van der Waals surface area contributed by atoms with Crippen LogP contribution in [0.4, 0.5) is 5.82 Å². The minimum absolute atomic E-state index is 0.601. The standard InChI is InChI=1S/C16H23N3O/c1-4-7-14-18-15(16(17)19(14)5-2)13-9-6-8-12(10-13)11-20-3/h6,8-10H,4-5,7,11,17H2,1-3H3. The topological polar surface area (TPSA) is 53.1 Å². The van der Waals surface area contributed by atoms with Crippen LogP contribution >= 0.6 is 0 Å². The number of anilines is 1. The van der Waals surface area contributed by atoms with Gasteiger partial charge in [-0.1, -0.05) is 25.1 Å². The van der Waals surface area contributed by atoms with Gasteiger partial charge in [-0.05, 0) is 25.0 Å². The average molecular weight is 273 g/mol. The number of ether oxygens (including phenoxy) is 1. The fourth-order valence-corrected chi connectivity index (χ4v) is 2.47. The van der Waals surface area contributed by atoms with Gasteiger partial charge < -0.3 is 15.0 Å². The van der Waals surface area contributed by atoms with Crippen LogP contribution in [0, 0.1) is 0 Å². The van der Waals surface area contributed by atoms with Crippen molar-refractivity contribution in [3.8, 4) is 11.3 Å². The minimum atomic E-state index is 0.601. The second kappa shape index (κ2) is 6.57. The first-order valence-electron chi connectivity index (χ1n) is 7.14. The number of methoxy groups -OCH3 is 1. The molecule has 0 aliphatic rings. The van der Waals surface area contributed by atoms with Crippen molar-refractivity contribution >= 4 is 5.82 Å². The Hall–Kier alpha value is -1.81. The van der Waals surface area contributed by atoms with Gasteiger partial charge in [0.15, 0.2) is 0 Å². The zero-order valence-corrected chi connectivity index (χ0v) is 12.5. The van der Waals surface area contributed by atoms with Crippen molar-refractivity contribution in [2.75, 3.05) is 12.8 Å². The maximum atomic E-state index is 6.27. The highest BCUT2D eigenvalue weighted by molar-refractivity contribution is 5.71. The molecule has 4 nitrogen and oxygen atoms in total. The molecule has 0 saturated carbocycles. The van der Waals surface area contributed by atoms with Gasteiger partial charge in [0.25, 0.3) is 0 Å². The fraction of sp³-hybridized carbons (Fsp3) is 0.438. The molecule has 0 aliphatic carbocycles. The highest BCUT2D eigenvalue weighted by Gasteiger charge is 2.14. The van der Waals surface area contributed by atoms with Crippen LogP contribution in [0.1, 0.15) is 31.7 Å². The van der Waals surface area contributed by atoms with Crippen LogP contribution in [-0.4, -0.2) is 16.7 Å². The van der Waals surface area contributed by atoms with E-state index in [1.54, 1.807) is 7.11 Å². The van der Waals surface area contributed by atoms with Gasteiger partial charge in [0.2, 0.25) is 0 Å². The Morgan fingerprint density at radius 3 is 2.75 bits per heavy atom. The highest BCUT2D eigenvalue weighted by Crippen LogP contribution is 2.27. The van der Waals surface area contributed by atoms with E-state index in [9.17, 15) is 0 Å². The molecule has 2 N–H and O–H groups in total. The van der Waals surface area contributed by atoms with Gasteiger partial charge in [0.1, 0.15) is 17.3 Å². The molecule has 0 atom stereocenters. The van der Waals surface area contributed by atoms with Crippen molar-refractivity contribution < 1.29 is 4.74 Å². The molecule has 4 heteroatoms. The summed E-state index contributed by atoms with van der Waals surface area (Å²) >= 11 is 0. The van der Waals surface area contributed by atoms with E-state index in [1.165, 1.54) is 0 Å². The number of nitrogens with zero attached hydrogens (tertiary/aromatic N) is 2. The molecular weight excluding hydrogens is 250 g/mol. The molecule has 0 spiro atoms. The third-order valence-corrected chi connectivity index (χ3v) is 3.39. The summed E-state index contributed by atoms with van der Waals surface area (Å²) in [4.78, 5) is 4.74. The van der Waals surface area contributed by atoms with Crippen molar-refractivity contribution in [2.24, 2.45) is 0 Å². The molecule has 1 heterocycles. The molecule has 0 radical (unpaired) electrons. The van der Waals surface area contributed by atoms with Gasteiger partial charge in [-0.25, -0.2) is 4.98 Å². The fourth-order valence-electron chi connectivity index (χ4n) is 2.47. The maximum Gasteiger partial charge on any atom is 0.131 e. The summed E-state index contributed by atoms with van der Waals surface area (Å²) in [5.41, 5.74) is 9.34. The zero-order chi connectivity index (χ0) is 14.5. The summed E-state index contributed by atoms with van der Waals surface area (Å²) in [5.74, 6) is 1.82. The minimum Gasteiger partial charge on any atom is -0.383 e. The number of benzene rings is 1. The predicted molar refractivity (Wildman–Crippen MR) is 82.5 cm³/mol. The number of nitrogens with two attached hydrogens (primary N) is 1. The summed E-state index contributed by atoms with van der Waals surface area (Å²) in [6.07, 6.45) is 2.02. The number of aryl methyl sites for hydroxylation is 1. The molecule has 2 rings (SSSR count). The van der Waals surface area contributed by atoms with Crippen molar-refractivity contribution in [3.05, 3.63) is 35.7 Å². The number of rotatable bonds is 6. The second-order valence-corrected chi connectivity index (χ2v) is 4.89. The summed E-state index contributed by atoms with van der Waals surface area (Å²) in [6.45, 7) is 5.71. The van der Waals surface area contributed by atoms with E-state index in [0.29, 0.717) is 6.61 Å². The summed E-state index contributed by atoms with van der Waals surface area (Å²) < 4.78 is 7.28. The molecule has 0 aliphatic heterocycles. The normalized spacial score (nSPS) is 10.9. The van der Waals surface area contributed by atoms with Crippen LogP contribution in [0.25, 0.3) is 11.3 Å². The number of nitrogen functional groups attached to an aromatic ring is 1. The Morgan fingerprint density at radius 2 is 2.10 bits per heavy atom. The van der Waals surface area contributed by atoms with E-state index >= 15 is 0 Å². The third-order valence-electron chi connectivity index (χ3n) is 3.39. The highest BCUT2D eigenvalue weighted by atomic mass is 16.5. The molecule has 1 aromatic carbocycles. The van der Waals surface area contributed by atoms with Crippen LogP contribution in [0.5, 0.6) is 0 Å². The van der Waals surface area contributed by atoms with Gasteiger partial charge in [-0.3, -0.25) is 0 Å². The zero-order valence-electron chi connectivity index (χ0n) is 12.5. The molecule has 0 unspecified atom stereocenters. The molecule has 1 aromatic heterocycles. The van der Waals surface area contributed by atoms with E-state index in [4.69, 9.17) is 15.5 Å². The van der Waals surface area contributed by atoms with Gasteiger partial charge in [-0.15, -0.1) is 0 Å². The molecular formula is C16H23N3O. The molecule has 0 bridgehead atoms. The van der Waals surface area contributed by atoms with Crippen LogP contribution in [-0.2, 0) is 24.3 Å². The number of aromatic nitrogens is 2. The number of hydrogen-bond acceptors (Lipinski definition) is 3. The Kier molecular flexibility index (Phi) is 4.79. The van der Waals surface area contributed by atoms with Crippen molar-refractivity contribution in [3.63, 3.8) is 0 Å². The van der Waals surface area contributed by atoms with Crippen molar-refractivity contribution in [2.45, 2.75) is 39.8 Å². The van der Waals surface area contributed by atoms with E-state index < -0.39 is 0 Å². The molecule has 108 valence electrons. The lowest BCUT2D eigenvalue weighted by atomic mass is 10.1. The number of hydrogen-bond donors (Lipinski definition) is 1. The Labute approximate surface area is 120 Å². The van der Waals surface area contributed by atoms with Crippen molar-refractivity contribution in [1.29, 1.82) is 0 Å². The smallest absolute Gasteiger partial charge is 0.131 e. The lowest BCUT2D eigenvalue weighted by molar-refractivity contribution is 0.185. The second-order valence-electron chi connectivity index (χ2n) is 4.89. The Balaban J connectivity index is 2.44. The lowest BCUT2D eigenvalue weighted by Crippen LogP contribution is -2.05. The third kappa shape index (κ3) is 2.85. The average Bonchev–Trinajstić information content (AvgIpc) is 2.76. The molecule has 2 aromatic rings. The largest absolute Gasteiger partial charge is 0.383 e. The summed E-state index contributed by atoms with van der Waals surface area (Å²) in [6, 6.07) is 8.21. The molecule has 20 heavy (non-hydrogen) atoms. The van der Waals surface area contributed by atoms with Gasteiger partial charge in [0.05, 0.1) is 6.61 Å². The van der Waals surface area contributed by atoms with Gasteiger partial charge >= 0.3 is 0 Å². The van der Waals surface area contributed by atoms with E-state index in [2.05, 4.69) is 24.5 Å². The quantitative estimate of drug-likeness (QED) is 0.879. The first kappa shape index (κ1) is 14.6. The van der Waals surface area contributed by atoms with E-state index in [-0.39, 0.29) is 0 Å². The first-order chi connectivity index (χ1) is 9.71. The van der Waals surface area contributed by atoms with Crippen LogP contribution < -0.4 is 5.73 Å². The van der Waals surface area contributed by atoms with Crippen LogP contribution in [0.15, 0.2) is 24.3 Å². The molecule has 0 amide bonds. The van der Waals surface area contributed by atoms with E-state index in [0.717, 1.165) is 47.8 Å². The van der Waals surface area contributed by atoms with Crippen molar-refractivity contribution in [1.82, 2.24) is 9.55 Å². The lowest BCUT2D eigenvalue weighted by Gasteiger charge is -2.06. The molecule has 0 fully saturated rings. The maximum absolute atomic E-state index is 6.27. The summed E-state index contributed by atoms with van der Waals surface area (Å²) in [5, 5.41) is 0. The molecule has 0 saturated heterocycles. The predicted octanol–water partition coefficient (Wildman–Crippen LogP) is 3.25. The van der Waals surface area contributed by atoms with Gasteiger partial charge in [-0.2, -0.15) is 0 Å². The number of imidazole rings is 1. The first-order valence-corrected chi connectivity index (χ1v) is 7.14. The van der Waals surface area contributed by atoms with Gasteiger partial charge in [0, 0.05) is 25.6 Å². The summed E-state index contributed by atoms with van der Waals surface area (Å²) in [7, 11) is 1.70. The van der Waals surface area contributed by atoms with Crippen LogP contribution in [0.3, 0.4) is 0 Å². The monoisotopic (exact) mass is 273 g/mol. The van der Waals surface area contributed by atoms with E-state index in [1.807, 2.05) is 18.2 Å². The SMILES string of the molecule is CCCc1nc(-c2cccc(COC)c2)c(N)n1CC. The Morgan fingerprint density at radius 1 is 1.30 bits per heavy atom. The van der Waals surface area contributed by atoms with Crippen LogP contribution in [0.2, 0.25) is 0 Å². The Bertz CT molecular complexity index is 575.